The second-order valence-corrected chi connectivity index (χ2v) is 8.37. The Bertz CT molecular complexity index is 1110. The van der Waals surface area contributed by atoms with E-state index in [0.29, 0.717) is 24.3 Å². The highest BCUT2D eigenvalue weighted by molar-refractivity contribution is 6.09. The molecule has 2 aliphatic rings. The molecule has 2 aromatic carbocycles. The minimum Gasteiger partial charge on any atom is -0.368 e. The molecule has 11 heteroatoms. The summed E-state index contributed by atoms with van der Waals surface area (Å²) in [5, 5.41) is 2.56. The van der Waals surface area contributed by atoms with E-state index < -0.39 is 47.5 Å². The molecular weight excluding hydrogens is 456 g/mol. The van der Waals surface area contributed by atoms with Crippen molar-refractivity contribution in [2.75, 3.05) is 37.6 Å². The second-order valence-electron chi connectivity index (χ2n) is 8.37. The highest BCUT2D eigenvalue weighted by atomic mass is 19.4. The van der Waals surface area contributed by atoms with Gasteiger partial charge in [-0.25, -0.2) is 9.18 Å². The molecule has 0 saturated carbocycles. The summed E-state index contributed by atoms with van der Waals surface area (Å²) in [7, 11) is 0. The van der Waals surface area contributed by atoms with Gasteiger partial charge >= 0.3 is 12.2 Å². The van der Waals surface area contributed by atoms with Crippen LogP contribution in [0.3, 0.4) is 0 Å². The van der Waals surface area contributed by atoms with Crippen molar-refractivity contribution < 1.29 is 31.9 Å². The largest absolute Gasteiger partial charge is 0.416 e. The number of halogens is 4. The number of piperazine rings is 1. The number of carbonyl (C=O) groups excluding carboxylic acids is 3. The zero-order valence-electron chi connectivity index (χ0n) is 18.2. The maximum atomic E-state index is 13.2. The monoisotopic (exact) mass is 478 g/mol. The third-order valence-corrected chi connectivity index (χ3v) is 6.16. The Balaban J connectivity index is 1.38. The zero-order valence-corrected chi connectivity index (χ0v) is 18.2. The number of imide groups is 1. The Hall–Kier alpha value is -3.63. The highest BCUT2D eigenvalue weighted by Gasteiger charge is 2.49. The molecule has 0 bridgehead atoms. The minimum absolute atomic E-state index is 0.230. The molecule has 0 spiro atoms. The van der Waals surface area contributed by atoms with E-state index in [9.17, 15) is 31.9 Å². The van der Waals surface area contributed by atoms with E-state index in [-0.39, 0.29) is 13.1 Å². The molecule has 7 nitrogen and oxygen atoms in total. The van der Waals surface area contributed by atoms with Crippen molar-refractivity contribution in [2.24, 2.45) is 0 Å². The second kappa shape index (κ2) is 8.62. The standard InChI is InChI=1S/C23H22F4N4O3/c1-22(15-5-7-17(24)8-6-15)20(33)31(21(34)28-22)14-19(32)30-11-9-29(10-12-30)18-4-2-3-16(13-18)23(25,26)27/h2-8,13H,9-12,14H2,1H3,(H,28,34). The van der Waals surface area contributed by atoms with E-state index in [4.69, 9.17) is 0 Å². The number of alkyl halides is 3. The van der Waals surface area contributed by atoms with Gasteiger partial charge in [-0.15, -0.1) is 0 Å². The number of rotatable bonds is 4. The van der Waals surface area contributed by atoms with Crippen LogP contribution in [0.4, 0.5) is 28.0 Å². The zero-order chi connectivity index (χ0) is 24.7. The predicted octanol–water partition coefficient (Wildman–Crippen LogP) is 2.96. The first-order valence-corrected chi connectivity index (χ1v) is 10.6. The van der Waals surface area contributed by atoms with Gasteiger partial charge in [-0.1, -0.05) is 18.2 Å². The van der Waals surface area contributed by atoms with Crippen LogP contribution in [-0.2, 0) is 21.3 Å². The summed E-state index contributed by atoms with van der Waals surface area (Å²) in [5.74, 6) is -1.56. The molecule has 2 aliphatic heterocycles. The molecular formula is C23H22F4N4O3. The molecule has 2 heterocycles. The van der Waals surface area contributed by atoms with Crippen molar-refractivity contribution >= 4 is 23.5 Å². The molecule has 34 heavy (non-hydrogen) atoms. The number of amides is 4. The fourth-order valence-corrected chi connectivity index (χ4v) is 4.15. The fraction of sp³-hybridized carbons (Fsp3) is 0.348. The molecule has 2 aromatic rings. The van der Waals surface area contributed by atoms with Crippen molar-refractivity contribution in [1.82, 2.24) is 15.1 Å². The number of nitrogens with one attached hydrogen (secondary N) is 1. The molecule has 2 fully saturated rings. The lowest BCUT2D eigenvalue weighted by Crippen LogP contribution is -2.52. The van der Waals surface area contributed by atoms with Gasteiger partial charge < -0.3 is 15.1 Å². The number of benzene rings is 2. The lowest BCUT2D eigenvalue weighted by molar-refractivity contribution is -0.139. The summed E-state index contributed by atoms with van der Waals surface area (Å²) >= 11 is 0. The van der Waals surface area contributed by atoms with Gasteiger partial charge in [0.1, 0.15) is 17.9 Å². The average Bonchev–Trinajstić information content (AvgIpc) is 3.03. The number of nitrogens with zero attached hydrogens (tertiary/aromatic N) is 3. The Morgan fingerprint density at radius 3 is 2.29 bits per heavy atom. The summed E-state index contributed by atoms with van der Waals surface area (Å²) in [5.41, 5.74) is -1.37. The van der Waals surface area contributed by atoms with Crippen molar-refractivity contribution in [3.05, 3.63) is 65.5 Å². The topological polar surface area (TPSA) is 73.0 Å². The van der Waals surface area contributed by atoms with Crippen molar-refractivity contribution in [2.45, 2.75) is 18.6 Å². The number of urea groups is 1. The van der Waals surface area contributed by atoms with Crippen LogP contribution in [0.5, 0.6) is 0 Å². The first-order chi connectivity index (χ1) is 16.0. The first kappa shape index (κ1) is 23.5. The molecule has 1 atom stereocenters. The normalized spacial score (nSPS) is 21.1. The summed E-state index contributed by atoms with van der Waals surface area (Å²) < 4.78 is 52.2. The summed E-state index contributed by atoms with van der Waals surface area (Å²) in [6, 6.07) is 9.41. The van der Waals surface area contributed by atoms with E-state index in [1.165, 1.54) is 42.2 Å². The van der Waals surface area contributed by atoms with Crippen LogP contribution in [0.1, 0.15) is 18.1 Å². The Morgan fingerprint density at radius 1 is 1.03 bits per heavy atom. The van der Waals surface area contributed by atoms with E-state index in [2.05, 4.69) is 5.32 Å². The minimum atomic E-state index is -4.45. The maximum absolute atomic E-state index is 13.2. The first-order valence-electron chi connectivity index (χ1n) is 10.6. The van der Waals surface area contributed by atoms with E-state index in [1.807, 2.05) is 0 Å². The quantitative estimate of drug-likeness (QED) is 0.542. The van der Waals surface area contributed by atoms with Gasteiger partial charge in [0.05, 0.1) is 5.56 Å². The predicted molar refractivity (Wildman–Crippen MR) is 114 cm³/mol. The summed E-state index contributed by atoms with van der Waals surface area (Å²) in [6.45, 7) is 2.09. The van der Waals surface area contributed by atoms with Gasteiger partial charge in [-0.2, -0.15) is 13.2 Å². The van der Waals surface area contributed by atoms with Gasteiger partial charge in [0.2, 0.25) is 5.91 Å². The van der Waals surface area contributed by atoms with Crippen LogP contribution in [-0.4, -0.2) is 60.4 Å². The molecule has 0 aromatic heterocycles. The van der Waals surface area contributed by atoms with Crippen LogP contribution < -0.4 is 10.2 Å². The van der Waals surface area contributed by atoms with E-state index in [0.717, 1.165) is 17.0 Å². The van der Waals surface area contributed by atoms with Gasteiger partial charge in [-0.3, -0.25) is 14.5 Å². The summed E-state index contributed by atoms with van der Waals surface area (Å²) in [4.78, 5) is 42.3. The molecule has 4 rings (SSSR count). The SMILES string of the molecule is CC1(c2ccc(F)cc2)NC(=O)N(CC(=O)N2CCN(c3cccc(C(F)(F)F)c3)CC2)C1=O. The number of hydrogen-bond donors (Lipinski definition) is 1. The van der Waals surface area contributed by atoms with E-state index in [1.54, 1.807) is 11.0 Å². The van der Waals surface area contributed by atoms with Gasteiger partial charge in [0.15, 0.2) is 0 Å². The maximum Gasteiger partial charge on any atom is 0.416 e. The van der Waals surface area contributed by atoms with Gasteiger partial charge in [0.25, 0.3) is 5.91 Å². The Labute approximate surface area is 192 Å². The smallest absolute Gasteiger partial charge is 0.368 e. The van der Waals surface area contributed by atoms with Crippen molar-refractivity contribution in [1.29, 1.82) is 0 Å². The lowest BCUT2D eigenvalue weighted by Gasteiger charge is -2.36. The lowest BCUT2D eigenvalue weighted by atomic mass is 9.92. The highest BCUT2D eigenvalue weighted by Crippen LogP contribution is 2.32. The molecule has 2 saturated heterocycles. The molecule has 180 valence electrons. The number of carbonyl (C=O) groups is 3. The third-order valence-electron chi connectivity index (χ3n) is 6.16. The van der Waals surface area contributed by atoms with Crippen LogP contribution in [0, 0.1) is 5.82 Å². The molecule has 1 unspecified atom stereocenters. The van der Waals surface area contributed by atoms with E-state index >= 15 is 0 Å². The van der Waals surface area contributed by atoms with Gasteiger partial charge in [-0.05, 0) is 42.8 Å². The fourth-order valence-electron chi connectivity index (χ4n) is 4.15. The molecule has 0 aliphatic carbocycles. The van der Waals surface area contributed by atoms with Crippen molar-refractivity contribution in [3.63, 3.8) is 0 Å². The van der Waals surface area contributed by atoms with Crippen LogP contribution >= 0.6 is 0 Å². The van der Waals surface area contributed by atoms with Gasteiger partial charge in [0, 0.05) is 31.9 Å². The number of anilines is 1. The molecule has 4 amide bonds. The Morgan fingerprint density at radius 2 is 1.68 bits per heavy atom. The average molecular weight is 478 g/mol. The van der Waals surface area contributed by atoms with Crippen molar-refractivity contribution in [3.8, 4) is 0 Å². The third kappa shape index (κ3) is 4.42. The molecule has 1 N–H and O–H groups in total. The van der Waals surface area contributed by atoms with Crippen LogP contribution in [0.2, 0.25) is 0 Å². The Kier molecular flexibility index (Phi) is 5.96. The van der Waals surface area contributed by atoms with Crippen LogP contribution in [0.25, 0.3) is 0 Å². The number of hydrogen-bond acceptors (Lipinski definition) is 4. The summed E-state index contributed by atoms with van der Waals surface area (Å²) in [6.07, 6.45) is -4.45. The van der Waals surface area contributed by atoms with Crippen LogP contribution in [0.15, 0.2) is 48.5 Å². The molecule has 0 radical (unpaired) electrons.